The molecular formula is C17H15ClN4O. The van der Waals surface area contributed by atoms with Crippen LogP contribution in [0.25, 0.3) is 5.82 Å². The molecule has 0 saturated heterocycles. The Morgan fingerprint density at radius 1 is 1.17 bits per heavy atom. The highest BCUT2D eigenvalue weighted by molar-refractivity contribution is 6.30. The summed E-state index contributed by atoms with van der Waals surface area (Å²) in [7, 11) is 0. The quantitative estimate of drug-likeness (QED) is 0.780. The maximum atomic E-state index is 12.0. The van der Waals surface area contributed by atoms with E-state index >= 15 is 0 Å². The van der Waals surface area contributed by atoms with E-state index in [1.54, 1.807) is 23.3 Å². The number of carbonyl (C=O) groups is 1. The van der Waals surface area contributed by atoms with Crippen molar-refractivity contribution >= 4 is 23.2 Å². The van der Waals surface area contributed by atoms with Crippen molar-refractivity contribution in [2.75, 3.05) is 5.32 Å². The van der Waals surface area contributed by atoms with Crippen molar-refractivity contribution in [3.8, 4) is 5.82 Å². The molecule has 0 aliphatic rings. The van der Waals surface area contributed by atoms with Crippen LogP contribution in [0, 0.1) is 0 Å². The largest absolute Gasteiger partial charge is 0.325 e. The number of nitrogens with one attached hydrogen (secondary N) is 1. The van der Waals surface area contributed by atoms with E-state index in [9.17, 15) is 4.79 Å². The Hall–Kier alpha value is -2.66. The fourth-order valence-corrected chi connectivity index (χ4v) is 2.27. The highest BCUT2D eigenvalue weighted by Crippen LogP contribution is 2.13. The summed E-state index contributed by atoms with van der Waals surface area (Å²) in [4.78, 5) is 20.3. The van der Waals surface area contributed by atoms with Crippen LogP contribution in [0.1, 0.15) is 12.0 Å². The Morgan fingerprint density at radius 2 is 2.00 bits per heavy atom. The molecule has 3 rings (SSSR count). The van der Waals surface area contributed by atoms with Crippen LogP contribution in [0.2, 0.25) is 5.02 Å². The van der Waals surface area contributed by atoms with E-state index in [2.05, 4.69) is 15.3 Å². The number of halogens is 1. The standard InChI is InChI=1S/C17H15ClN4O/c18-14-4-1-13(2-5-14)3-8-17(23)21-15-6-7-16(20-11-15)22-10-9-19-12-22/h1-2,4-7,9-12H,3,8H2,(H,21,23). The first-order valence-corrected chi connectivity index (χ1v) is 7.57. The van der Waals surface area contributed by atoms with Crippen LogP contribution in [-0.4, -0.2) is 20.4 Å². The van der Waals surface area contributed by atoms with E-state index in [0.29, 0.717) is 23.6 Å². The number of hydrogen-bond donors (Lipinski definition) is 1. The summed E-state index contributed by atoms with van der Waals surface area (Å²) in [6.07, 6.45) is 7.89. The first-order valence-electron chi connectivity index (χ1n) is 7.19. The third kappa shape index (κ3) is 4.17. The van der Waals surface area contributed by atoms with Gasteiger partial charge in [0.25, 0.3) is 0 Å². The zero-order valence-electron chi connectivity index (χ0n) is 12.3. The molecule has 0 aliphatic carbocycles. The molecule has 0 fully saturated rings. The maximum absolute atomic E-state index is 12.0. The van der Waals surface area contributed by atoms with E-state index < -0.39 is 0 Å². The molecule has 1 amide bonds. The highest BCUT2D eigenvalue weighted by Gasteiger charge is 2.04. The van der Waals surface area contributed by atoms with Crippen LogP contribution >= 0.6 is 11.6 Å². The molecule has 1 N–H and O–H groups in total. The van der Waals surface area contributed by atoms with Gasteiger partial charge in [0, 0.05) is 23.8 Å². The summed E-state index contributed by atoms with van der Waals surface area (Å²) in [6, 6.07) is 11.2. The van der Waals surface area contributed by atoms with Gasteiger partial charge in [0.05, 0.1) is 11.9 Å². The summed E-state index contributed by atoms with van der Waals surface area (Å²) in [6.45, 7) is 0. The molecule has 0 spiro atoms. The number of hydrogen-bond acceptors (Lipinski definition) is 3. The molecule has 0 bridgehead atoms. The molecule has 2 heterocycles. The normalized spacial score (nSPS) is 10.5. The van der Waals surface area contributed by atoms with Crippen LogP contribution in [0.4, 0.5) is 5.69 Å². The number of imidazole rings is 1. The lowest BCUT2D eigenvalue weighted by atomic mass is 10.1. The van der Waals surface area contributed by atoms with Crippen LogP contribution in [0.3, 0.4) is 0 Å². The Morgan fingerprint density at radius 3 is 2.65 bits per heavy atom. The number of carbonyl (C=O) groups excluding carboxylic acids is 1. The second-order valence-electron chi connectivity index (χ2n) is 5.05. The van der Waals surface area contributed by atoms with Crippen molar-refractivity contribution in [3.05, 3.63) is 71.9 Å². The van der Waals surface area contributed by atoms with Gasteiger partial charge in [0.2, 0.25) is 5.91 Å². The smallest absolute Gasteiger partial charge is 0.224 e. The van der Waals surface area contributed by atoms with Gasteiger partial charge in [0.1, 0.15) is 12.1 Å². The zero-order chi connectivity index (χ0) is 16.1. The summed E-state index contributed by atoms with van der Waals surface area (Å²) < 4.78 is 1.80. The zero-order valence-corrected chi connectivity index (χ0v) is 13.1. The van der Waals surface area contributed by atoms with Gasteiger partial charge in [-0.1, -0.05) is 23.7 Å². The molecule has 6 heteroatoms. The van der Waals surface area contributed by atoms with Crippen molar-refractivity contribution in [2.45, 2.75) is 12.8 Å². The third-order valence-corrected chi connectivity index (χ3v) is 3.61. The fourth-order valence-electron chi connectivity index (χ4n) is 2.14. The number of rotatable bonds is 5. The van der Waals surface area contributed by atoms with Crippen LogP contribution in [0.5, 0.6) is 0 Å². The monoisotopic (exact) mass is 326 g/mol. The topological polar surface area (TPSA) is 59.8 Å². The molecule has 0 radical (unpaired) electrons. The van der Waals surface area contributed by atoms with Crippen molar-refractivity contribution in [1.29, 1.82) is 0 Å². The molecule has 2 aromatic heterocycles. The van der Waals surface area contributed by atoms with Gasteiger partial charge in [-0.25, -0.2) is 9.97 Å². The lowest BCUT2D eigenvalue weighted by molar-refractivity contribution is -0.116. The number of anilines is 1. The van der Waals surface area contributed by atoms with Gasteiger partial charge in [-0.3, -0.25) is 9.36 Å². The summed E-state index contributed by atoms with van der Waals surface area (Å²) >= 11 is 5.84. The minimum Gasteiger partial charge on any atom is -0.325 e. The SMILES string of the molecule is O=C(CCc1ccc(Cl)cc1)Nc1ccc(-n2ccnc2)nc1. The number of benzene rings is 1. The van der Waals surface area contributed by atoms with Gasteiger partial charge in [-0.15, -0.1) is 0 Å². The van der Waals surface area contributed by atoms with Crippen molar-refractivity contribution in [1.82, 2.24) is 14.5 Å². The Balaban J connectivity index is 1.54. The Kier molecular flexibility index (Phi) is 4.68. The minimum atomic E-state index is -0.0443. The molecule has 3 aromatic rings. The molecule has 116 valence electrons. The number of aromatic nitrogens is 3. The lowest BCUT2D eigenvalue weighted by Crippen LogP contribution is -2.12. The molecule has 23 heavy (non-hydrogen) atoms. The molecule has 0 aliphatic heterocycles. The fraction of sp³-hybridized carbons (Fsp3) is 0.118. The average molecular weight is 327 g/mol. The van der Waals surface area contributed by atoms with Crippen molar-refractivity contribution < 1.29 is 4.79 Å². The Labute approximate surface area is 139 Å². The second kappa shape index (κ2) is 7.07. The average Bonchev–Trinajstić information content (AvgIpc) is 3.09. The number of pyridine rings is 1. The minimum absolute atomic E-state index is 0.0443. The number of nitrogens with zero attached hydrogens (tertiary/aromatic N) is 3. The predicted molar refractivity (Wildman–Crippen MR) is 89.8 cm³/mol. The molecule has 5 nitrogen and oxygen atoms in total. The molecule has 0 atom stereocenters. The first-order chi connectivity index (χ1) is 11.2. The molecular weight excluding hydrogens is 312 g/mol. The van der Waals surface area contributed by atoms with E-state index in [1.807, 2.05) is 42.6 Å². The summed E-state index contributed by atoms with van der Waals surface area (Å²) in [5, 5.41) is 3.54. The highest BCUT2D eigenvalue weighted by atomic mass is 35.5. The predicted octanol–water partition coefficient (Wildman–Crippen LogP) is 3.49. The summed E-state index contributed by atoms with van der Waals surface area (Å²) in [5.74, 6) is 0.707. The van der Waals surface area contributed by atoms with Gasteiger partial charge in [0.15, 0.2) is 0 Å². The van der Waals surface area contributed by atoms with Crippen LogP contribution in [-0.2, 0) is 11.2 Å². The molecule has 0 saturated carbocycles. The molecule has 1 aromatic carbocycles. The van der Waals surface area contributed by atoms with Gasteiger partial charge in [-0.05, 0) is 36.2 Å². The van der Waals surface area contributed by atoms with E-state index in [0.717, 1.165) is 11.4 Å². The van der Waals surface area contributed by atoms with Crippen molar-refractivity contribution in [3.63, 3.8) is 0 Å². The Bertz CT molecular complexity index is 767. The van der Waals surface area contributed by atoms with E-state index in [1.165, 1.54) is 0 Å². The lowest BCUT2D eigenvalue weighted by Gasteiger charge is -2.06. The van der Waals surface area contributed by atoms with Gasteiger partial charge < -0.3 is 5.32 Å². The van der Waals surface area contributed by atoms with E-state index in [4.69, 9.17) is 11.6 Å². The van der Waals surface area contributed by atoms with Crippen LogP contribution in [0.15, 0.2) is 61.3 Å². The van der Waals surface area contributed by atoms with Gasteiger partial charge >= 0.3 is 0 Å². The van der Waals surface area contributed by atoms with Gasteiger partial charge in [-0.2, -0.15) is 0 Å². The van der Waals surface area contributed by atoms with E-state index in [-0.39, 0.29) is 5.91 Å². The van der Waals surface area contributed by atoms with Crippen LogP contribution < -0.4 is 5.32 Å². The molecule has 0 unspecified atom stereocenters. The third-order valence-electron chi connectivity index (χ3n) is 3.35. The summed E-state index contributed by atoms with van der Waals surface area (Å²) in [5.41, 5.74) is 1.76. The second-order valence-corrected chi connectivity index (χ2v) is 5.49. The number of aryl methyl sites for hydroxylation is 1. The number of amides is 1. The first kappa shape index (κ1) is 15.2. The maximum Gasteiger partial charge on any atom is 0.224 e. The van der Waals surface area contributed by atoms with Crippen molar-refractivity contribution in [2.24, 2.45) is 0 Å².